The van der Waals surface area contributed by atoms with Crippen LogP contribution in [0.4, 0.5) is 0 Å². The van der Waals surface area contributed by atoms with Crippen LogP contribution in [0.1, 0.15) is 37.3 Å². The maximum Gasteiger partial charge on any atom is 0.0652 e. The SMILES string of the molecule is CN1C2CCC1CC(c1nsc3ccccc13)C2.Cl. The summed E-state index contributed by atoms with van der Waals surface area (Å²) in [6, 6.07) is 10.3. The highest BCUT2D eigenvalue weighted by Gasteiger charge is 2.39. The van der Waals surface area contributed by atoms with Crippen LogP contribution in [-0.4, -0.2) is 28.4 Å². The molecule has 1 aromatic heterocycles. The zero-order valence-electron chi connectivity index (χ0n) is 11.1. The van der Waals surface area contributed by atoms with Gasteiger partial charge in [-0.25, -0.2) is 0 Å². The van der Waals surface area contributed by atoms with Crippen LogP contribution in [0, 0.1) is 0 Å². The predicted molar refractivity (Wildman–Crippen MR) is 83.4 cm³/mol. The quantitative estimate of drug-likeness (QED) is 0.788. The van der Waals surface area contributed by atoms with Gasteiger partial charge in [-0.05, 0) is 50.3 Å². The molecule has 2 aromatic rings. The second-order valence-corrected chi connectivity index (χ2v) is 6.59. The van der Waals surface area contributed by atoms with E-state index in [0.717, 1.165) is 12.1 Å². The molecule has 4 heteroatoms. The molecule has 4 rings (SSSR count). The van der Waals surface area contributed by atoms with E-state index < -0.39 is 0 Å². The summed E-state index contributed by atoms with van der Waals surface area (Å²) in [4.78, 5) is 2.60. The topological polar surface area (TPSA) is 16.1 Å². The first-order chi connectivity index (χ1) is 8.83. The number of fused-ring (bicyclic) bond motifs is 3. The van der Waals surface area contributed by atoms with Gasteiger partial charge in [0.15, 0.2) is 0 Å². The lowest BCUT2D eigenvalue weighted by Gasteiger charge is -2.35. The molecular formula is C15H19ClN2S. The molecule has 2 aliphatic heterocycles. The zero-order chi connectivity index (χ0) is 12.1. The predicted octanol–water partition coefficient (Wildman–Crippen LogP) is 4.06. The van der Waals surface area contributed by atoms with E-state index in [0.29, 0.717) is 5.92 Å². The molecule has 102 valence electrons. The van der Waals surface area contributed by atoms with Gasteiger partial charge in [0.1, 0.15) is 0 Å². The van der Waals surface area contributed by atoms with Gasteiger partial charge in [0.25, 0.3) is 0 Å². The second-order valence-electron chi connectivity index (χ2n) is 5.78. The molecule has 2 unspecified atom stereocenters. The minimum absolute atomic E-state index is 0. The molecule has 0 aliphatic carbocycles. The van der Waals surface area contributed by atoms with Crippen LogP contribution < -0.4 is 0 Å². The van der Waals surface area contributed by atoms with Crippen LogP contribution in [0.15, 0.2) is 24.3 Å². The van der Waals surface area contributed by atoms with Crippen LogP contribution in [0.2, 0.25) is 0 Å². The Kier molecular flexibility index (Phi) is 3.54. The van der Waals surface area contributed by atoms with Crippen molar-refractivity contribution in [2.75, 3.05) is 7.05 Å². The van der Waals surface area contributed by atoms with Crippen molar-refractivity contribution in [3.05, 3.63) is 30.0 Å². The summed E-state index contributed by atoms with van der Waals surface area (Å²) in [5.41, 5.74) is 1.38. The Bertz CT molecular complexity index is 568. The van der Waals surface area contributed by atoms with Crippen molar-refractivity contribution in [2.45, 2.75) is 43.7 Å². The van der Waals surface area contributed by atoms with E-state index >= 15 is 0 Å². The van der Waals surface area contributed by atoms with Crippen molar-refractivity contribution in [3.63, 3.8) is 0 Å². The van der Waals surface area contributed by atoms with Crippen LogP contribution in [-0.2, 0) is 0 Å². The Morgan fingerprint density at radius 2 is 1.84 bits per heavy atom. The average Bonchev–Trinajstić information content (AvgIpc) is 2.88. The van der Waals surface area contributed by atoms with E-state index in [-0.39, 0.29) is 12.4 Å². The Labute approximate surface area is 124 Å². The van der Waals surface area contributed by atoms with Gasteiger partial charge in [-0.2, -0.15) is 4.37 Å². The summed E-state index contributed by atoms with van der Waals surface area (Å²) in [5, 5.41) is 1.40. The molecule has 2 atom stereocenters. The third kappa shape index (κ3) is 2.08. The smallest absolute Gasteiger partial charge is 0.0652 e. The molecule has 0 amide bonds. The Morgan fingerprint density at radius 3 is 2.58 bits per heavy atom. The van der Waals surface area contributed by atoms with Gasteiger partial charge in [0.05, 0.1) is 10.4 Å². The molecule has 0 radical (unpaired) electrons. The molecule has 1 aromatic carbocycles. The van der Waals surface area contributed by atoms with E-state index in [4.69, 9.17) is 4.37 Å². The van der Waals surface area contributed by atoms with Crippen LogP contribution >= 0.6 is 23.9 Å². The van der Waals surface area contributed by atoms with Gasteiger partial charge in [-0.1, -0.05) is 18.2 Å². The maximum absolute atomic E-state index is 4.76. The first kappa shape index (κ1) is 13.3. The number of hydrogen-bond donors (Lipinski definition) is 0. The fourth-order valence-electron chi connectivity index (χ4n) is 3.83. The van der Waals surface area contributed by atoms with Crippen molar-refractivity contribution >= 4 is 34.0 Å². The van der Waals surface area contributed by atoms with E-state index in [2.05, 4.69) is 36.2 Å². The molecule has 2 aliphatic rings. The molecule has 0 saturated carbocycles. The van der Waals surface area contributed by atoms with Gasteiger partial charge in [0.2, 0.25) is 0 Å². The summed E-state index contributed by atoms with van der Waals surface area (Å²) in [6.07, 6.45) is 5.39. The van der Waals surface area contributed by atoms with Gasteiger partial charge < -0.3 is 4.90 Å². The number of nitrogens with zero attached hydrogens (tertiary/aromatic N) is 2. The number of rotatable bonds is 1. The molecule has 0 spiro atoms. The van der Waals surface area contributed by atoms with E-state index in [9.17, 15) is 0 Å². The normalized spacial score (nSPS) is 30.5. The van der Waals surface area contributed by atoms with Crippen molar-refractivity contribution in [3.8, 4) is 0 Å². The average molecular weight is 295 g/mol. The summed E-state index contributed by atoms with van der Waals surface area (Å²) in [7, 11) is 2.30. The van der Waals surface area contributed by atoms with Crippen LogP contribution in [0.25, 0.3) is 10.1 Å². The number of hydrogen-bond acceptors (Lipinski definition) is 3. The minimum Gasteiger partial charge on any atom is -0.300 e. The van der Waals surface area contributed by atoms with Gasteiger partial charge in [-0.3, -0.25) is 0 Å². The van der Waals surface area contributed by atoms with Crippen LogP contribution in [0.3, 0.4) is 0 Å². The molecular weight excluding hydrogens is 276 g/mol. The number of aromatic nitrogens is 1. The lowest BCUT2D eigenvalue weighted by atomic mass is 9.87. The Morgan fingerprint density at radius 1 is 1.16 bits per heavy atom. The van der Waals surface area contributed by atoms with E-state index in [1.807, 2.05) is 0 Å². The van der Waals surface area contributed by atoms with Gasteiger partial charge in [0, 0.05) is 23.4 Å². The molecule has 3 heterocycles. The summed E-state index contributed by atoms with van der Waals surface area (Å²) in [6.45, 7) is 0. The number of halogens is 1. The summed E-state index contributed by atoms with van der Waals surface area (Å²) >= 11 is 1.67. The van der Waals surface area contributed by atoms with Crippen molar-refractivity contribution in [1.29, 1.82) is 0 Å². The lowest BCUT2D eigenvalue weighted by Crippen LogP contribution is -2.39. The van der Waals surface area contributed by atoms with E-state index in [1.165, 1.54) is 41.5 Å². The Balaban J connectivity index is 0.00000110. The first-order valence-corrected chi connectivity index (χ1v) is 7.66. The highest BCUT2D eigenvalue weighted by Crippen LogP contribution is 2.43. The third-order valence-corrected chi connectivity index (χ3v) is 5.73. The molecule has 2 nitrogen and oxygen atoms in total. The fourth-order valence-corrected chi connectivity index (χ4v) is 4.69. The van der Waals surface area contributed by atoms with Crippen molar-refractivity contribution in [2.24, 2.45) is 0 Å². The van der Waals surface area contributed by atoms with Gasteiger partial charge in [-0.15, -0.1) is 12.4 Å². The largest absolute Gasteiger partial charge is 0.300 e. The fraction of sp³-hybridized carbons (Fsp3) is 0.533. The summed E-state index contributed by atoms with van der Waals surface area (Å²) in [5.74, 6) is 0.690. The highest BCUT2D eigenvalue weighted by atomic mass is 35.5. The molecule has 19 heavy (non-hydrogen) atoms. The van der Waals surface area contributed by atoms with E-state index in [1.54, 1.807) is 11.5 Å². The molecule has 2 fully saturated rings. The minimum atomic E-state index is 0. The van der Waals surface area contributed by atoms with Crippen molar-refractivity contribution in [1.82, 2.24) is 9.27 Å². The number of benzene rings is 1. The maximum atomic E-state index is 4.76. The monoisotopic (exact) mass is 294 g/mol. The Hall–Kier alpha value is -0.640. The molecule has 0 N–H and O–H groups in total. The zero-order valence-corrected chi connectivity index (χ0v) is 12.7. The van der Waals surface area contributed by atoms with Crippen LogP contribution in [0.5, 0.6) is 0 Å². The summed E-state index contributed by atoms with van der Waals surface area (Å²) < 4.78 is 6.11. The highest BCUT2D eigenvalue weighted by molar-refractivity contribution is 7.13. The standard InChI is InChI=1S/C15H18N2S.ClH/c1-17-11-6-7-12(17)9-10(8-11)15-13-4-2-3-5-14(13)18-16-15;/h2-5,10-12H,6-9H2,1H3;1H. The molecule has 2 bridgehead atoms. The third-order valence-electron chi connectivity index (χ3n) is 4.89. The van der Waals surface area contributed by atoms with Crippen molar-refractivity contribution < 1.29 is 0 Å². The first-order valence-electron chi connectivity index (χ1n) is 6.89. The van der Waals surface area contributed by atoms with Gasteiger partial charge >= 0.3 is 0 Å². The second kappa shape index (κ2) is 5.04. The number of piperidine rings is 1. The molecule has 2 saturated heterocycles. The lowest BCUT2D eigenvalue weighted by molar-refractivity contribution is 0.161.